The van der Waals surface area contributed by atoms with Gasteiger partial charge in [-0.25, -0.2) is 0 Å². The molecule has 18 heavy (non-hydrogen) atoms. The quantitative estimate of drug-likeness (QED) is 0.821. The second-order valence-corrected chi connectivity index (χ2v) is 5.74. The molecule has 96 valence electrons. The minimum Gasteiger partial charge on any atom is -0.494 e. The number of halogens is 1. The van der Waals surface area contributed by atoms with Gasteiger partial charge in [-0.3, -0.25) is 0 Å². The Kier molecular flexibility index (Phi) is 4.90. The van der Waals surface area contributed by atoms with E-state index < -0.39 is 0 Å². The van der Waals surface area contributed by atoms with Gasteiger partial charge in [0.1, 0.15) is 5.75 Å². The van der Waals surface area contributed by atoms with Gasteiger partial charge in [-0.05, 0) is 30.7 Å². The maximum atomic E-state index is 5.90. The summed E-state index contributed by atoms with van der Waals surface area (Å²) in [5.41, 5.74) is 1.06. The van der Waals surface area contributed by atoms with Gasteiger partial charge in [-0.1, -0.05) is 24.6 Å². The molecule has 0 atom stereocenters. The standard InChI is InChI=1S/C14H16ClNOS/c1-2-8-17-12-5-3-4-11(9-12)16-10-13-6-7-14(15)18-13/h3-7,9,16H,2,8,10H2,1H3. The van der Waals surface area contributed by atoms with Crippen LogP contribution in [0.1, 0.15) is 18.2 Å². The van der Waals surface area contributed by atoms with Crippen LogP contribution in [0.5, 0.6) is 5.75 Å². The van der Waals surface area contributed by atoms with Gasteiger partial charge < -0.3 is 10.1 Å². The van der Waals surface area contributed by atoms with Crippen LogP contribution in [0, 0.1) is 0 Å². The topological polar surface area (TPSA) is 21.3 Å². The van der Waals surface area contributed by atoms with Crippen LogP contribution in [0.2, 0.25) is 4.34 Å². The van der Waals surface area contributed by atoms with Gasteiger partial charge in [0.05, 0.1) is 10.9 Å². The van der Waals surface area contributed by atoms with E-state index in [-0.39, 0.29) is 0 Å². The van der Waals surface area contributed by atoms with Gasteiger partial charge in [0.2, 0.25) is 0 Å². The molecule has 0 aliphatic rings. The highest BCUT2D eigenvalue weighted by Crippen LogP contribution is 2.23. The molecule has 0 saturated carbocycles. The van der Waals surface area contributed by atoms with Crippen LogP contribution in [-0.2, 0) is 6.54 Å². The van der Waals surface area contributed by atoms with Crippen molar-refractivity contribution in [1.29, 1.82) is 0 Å². The first-order valence-electron chi connectivity index (χ1n) is 5.99. The Labute approximate surface area is 117 Å². The Morgan fingerprint density at radius 1 is 1.28 bits per heavy atom. The molecule has 1 aromatic heterocycles. The molecule has 0 aliphatic carbocycles. The fourth-order valence-electron chi connectivity index (χ4n) is 1.55. The van der Waals surface area contributed by atoms with Crippen molar-refractivity contribution >= 4 is 28.6 Å². The smallest absolute Gasteiger partial charge is 0.121 e. The minimum absolute atomic E-state index is 0.754. The molecule has 1 aromatic carbocycles. The Balaban J connectivity index is 1.92. The molecule has 1 N–H and O–H groups in total. The predicted molar refractivity (Wildman–Crippen MR) is 78.9 cm³/mol. The summed E-state index contributed by atoms with van der Waals surface area (Å²) in [6.07, 6.45) is 1.02. The normalized spacial score (nSPS) is 10.3. The maximum absolute atomic E-state index is 5.90. The monoisotopic (exact) mass is 281 g/mol. The molecule has 2 nitrogen and oxygen atoms in total. The van der Waals surface area contributed by atoms with Crippen molar-refractivity contribution in [2.24, 2.45) is 0 Å². The summed E-state index contributed by atoms with van der Waals surface area (Å²) < 4.78 is 6.42. The number of hydrogen-bond donors (Lipinski definition) is 1. The van der Waals surface area contributed by atoms with Gasteiger partial charge in [0, 0.05) is 23.2 Å². The SMILES string of the molecule is CCCOc1cccc(NCc2ccc(Cl)s2)c1. The summed E-state index contributed by atoms with van der Waals surface area (Å²) in [6.45, 7) is 3.64. The molecule has 0 unspecified atom stereocenters. The second kappa shape index (κ2) is 6.66. The molecule has 0 saturated heterocycles. The van der Waals surface area contributed by atoms with E-state index >= 15 is 0 Å². The van der Waals surface area contributed by atoms with E-state index in [2.05, 4.69) is 12.2 Å². The number of hydrogen-bond acceptors (Lipinski definition) is 3. The molecule has 0 radical (unpaired) electrons. The van der Waals surface area contributed by atoms with Crippen molar-refractivity contribution in [3.63, 3.8) is 0 Å². The highest BCUT2D eigenvalue weighted by Gasteiger charge is 1.99. The van der Waals surface area contributed by atoms with E-state index in [9.17, 15) is 0 Å². The third-order valence-electron chi connectivity index (χ3n) is 2.40. The lowest BCUT2D eigenvalue weighted by atomic mass is 10.3. The van der Waals surface area contributed by atoms with Crippen LogP contribution in [0.3, 0.4) is 0 Å². The highest BCUT2D eigenvalue weighted by atomic mass is 35.5. The average molecular weight is 282 g/mol. The van der Waals surface area contributed by atoms with Crippen LogP contribution < -0.4 is 10.1 Å². The fourth-order valence-corrected chi connectivity index (χ4v) is 2.58. The second-order valence-electron chi connectivity index (χ2n) is 3.94. The summed E-state index contributed by atoms with van der Waals surface area (Å²) in [4.78, 5) is 1.22. The lowest BCUT2D eigenvalue weighted by Crippen LogP contribution is -1.99. The third kappa shape index (κ3) is 3.93. The van der Waals surface area contributed by atoms with Crippen LogP contribution in [0.4, 0.5) is 5.69 Å². The summed E-state index contributed by atoms with van der Waals surface area (Å²) in [6, 6.07) is 12.0. The highest BCUT2D eigenvalue weighted by molar-refractivity contribution is 7.16. The Bertz CT molecular complexity index is 498. The maximum Gasteiger partial charge on any atom is 0.121 e. The zero-order valence-corrected chi connectivity index (χ0v) is 11.9. The van der Waals surface area contributed by atoms with Gasteiger partial charge in [0.15, 0.2) is 0 Å². The van der Waals surface area contributed by atoms with Crippen molar-refractivity contribution in [2.45, 2.75) is 19.9 Å². The van der Waals surface area contributed by atoms with Gasteiger partial charge in [-0.15, -0.1) is 11.3 Å². The first-order chi connectivity index (χ1) is 8.78. The van der Waals surface area contributed by atoms with Crippen molar-refractivity contribution in [3.8, 4) is 5.75 Å². The lowest BCUT2D eigenvalue weighted by molar-refractivity contribution is 0.317. The number of benzene rings is 1. The number of thiophene rings is 1. The molecular formula is C14H16ClNOS. The first-order valence-corrected chi connectivity index (χ1v) is 7.18. The molecule has 1 heterocycles. The average Bonchev–Trinajstić information content (AvgIpc) is 2.80. The van der Waals surface area contributed by atoms with Crippen molar-refractivity contribution in [3.05, 3.63) is 45.6 Å². The van der Waals surface area contributed by atoms with E-state index in [1.54, 1.807) is 11.3 Å². The van der Waals surface area contributed by atoms with Gasteiger partial charge in [-0.2, -0.15) is 0 Å². The molecule has 4 heteroatoms. The summed E-state index contributed by atoms with van der Waals surface area (Å²) >= 11 is 7.49. The van der Waals surface area contributed by atoms with Crippen molar-refractivity contribution in [2.75, 3.05) is 11.9 Å². The predicted octanol–water partition coefficient (Wildman–Crippen LogP) is 4.80. The van der Waals surface area contributed by atoms with Crippen LogP contribution >= 0.6 is 22.9 Å². The van der Waals surface area contributed by atoms with Crippen LogP contribution in [-0.4, -0.2) is 6.61 Å². The number of rotatable bonds is 6. The molecular weight excluding hydrogens is 266 g/mol. The lowest BCUT2D eigenvalue weighted by Gasteiger charge is -2.08. The summed E-state index contributed by atoms with van der Waals surface area (Å²) in [7, 11) is 0. The third-order valence-corrected chi connectivity index (χ3v) is 3.63. The minimum atomic E-state index is 0.754. The summed E-state index contributed by atoms with van der Waals surface area (Å²) in [5, 5.41) is 3.36. The van der Waals surface area contributed by atoms with Crippen molar-refractivity contribution < 1.29 is 4.74 Å². The van der Waals surface area contributed by atoms with Gasteiger partial charge in [0.25, 0.3) is 0 Å². The van der Waals surface area contributed by atoms with E-state index in [1.807, 2.05) is 36.4 Å². The van der Waals surface area contributed by atoms with E-state index in [0.29, 0.717) is 0 Å². The Morgan fingerprint density at radius 3 is 2.89 bits per heavy atom. The van der Waals surface area contributed by atoms with E-state index in [0.717, 1.165) is 35.3 Å². The van der Waals surface area contributed by atoms with E-state index in [4.69, 9.17) is 16.3 Å². The Morgan fingerprint density at radius 2 is 2.17 bits per heavy atom. The van der Waals surface area contributed by atoms with Crippen molar-refractivity contribution in [1.82, 2.24) is 0 Å². The van der Waals surface area contributed by atoms with E-state index in [1.165, 1.54) is 4.88 Å². The molecule has 0 amide bonds. The number of anilines is 1. The Hall–Kier alpha value is -1.19. The molecule has 2 rings (SSSR count). The largest absolute Gasteiger partial charge is 0.494 e. The molecule has 0 spiro atoms. The number of nitrogens with one attached hydrogen (secondary N) is 1. The molecule has 0 aliphatic heterocycles. The van der Waals surface area contributed by atoms with Crippen LogP contribution in [0.25, 0.3) is 0 Å². The van der Waals surface area contributed by atoms with Gasteiger partial charge >= 0.3 is 0 Å². The summed E-state index contributed by atoms with van der Waals surface area (Å²) in [5.74, 6) is 0.908. The molecule has 0 bridgehead atoms. The zero-order chi connectivity index (χ0) is 12.8. The fraction of sp³-hybridized carbons (Fsp3) is 0.286. The zero-order valence-electron chi connectivity index (χ0n) is 10.3. The number of ether oxygens (including phenoxy) is 1. The van der Waals surface area contributed by atoms with Crippen LogP contribution in [0.15, 0.2) is 36.4 Å². The molecule has 0 fully saturated rings. The molecule has 2 aromatic rings. The first kappa shape index (κ1) is 13.2.